The highest BCUT2D eigenvalue weighted by molar-refractivity contribution is 6.17. The van der Waals surface area contributed by atoms with Gasteiger partial charge >= 0.3 is 0 Å². The molecule has 0 bridgehead atoms. The number of rotatable bonds is 2. The van der Waals surface area contributed by atoms with Crippen molar-refractivity contribution in [2.45, 2.75) is 54.4 Å². The van der Waals surface area contributed by atoms with Crippen LogP contribution in [0.1, 0.15) is 52.7 Å². The van der Waals surface area contributed by atoms with Crippen molar-refractivity contribution >= 4 is 49.0 Å². The highest BCUT2D eigenvalue weighted by atomic mass is 14.9. The number of hydrogen-bond acceptors (Lipinski definition) is 1. The minimum absolute atomic E-state index is 0.188. The van der Waals surface area contributed by atoms with Gasteiger partial charge in [-0.3, -0.25) is 4.98 Å². The molecule has 35 heavy (non-hydrogen) atoms. The molecule has 0 saturated carbocycles. The third kappa shape index (κ3) is 3.76. The zero-order valence-electron chi connectivity index (χ0n) is 21.7. The fraction of sp³-hybridized carbons (Fsp3) is 0.303. The van der Waals surface area contributed by atoms with Crippen LogP contribution in [0.4, 0.5) is 0 Å². The number of benzene rings is 3. The van der Waals surface area contributed by atoms with E-state index in [4.69, 9.17) is 4.98 Å². The van der Waals surface area contributed by atoms with Gasteiger partial charge in [-0.25, -0.2) is 0 Å². The van der Waals surface area contributed by atoms with E-state index in [1.807, 2.05) is 6.20 Å². The Morgan fingerprint density at radius 2 is 1.31 bits per heavy atom. The molecule has 0 aliphatic carbocycles. The molecule has 0 saturated heterocycles. The van der Waals surface area contributed by atoms with Crippen LogP contribution in [0.25, 0.3) is 49.0 Å². The van der Waals surface area contributed by atoms with Gasteiger partial charge in [0.15, 0.2) is 0 Å². The van der Waals surface area contributed by atoms with E-state index in [9.17, 15) is 0 Å². The minimum Gasteiger partial charge on any atom is -0.308 e. The lowest BCUT2D eigenvalue weighted by atomic mass is 9.86. The topological polar surface area (TPSA) is 17.3 Å². The van der Waals surface area contributed by atoms with Crippen LogP contribution in [0, 0.1) is 10.8 Å². The summed E-state index contributed by atoms with van der Waals surface area (Å²) in [6.45, 7) is 13.9. The predicted molar refractivity (Wildman–Crippen MR) is 152 cm³/mol. The fourth-order valence-electron chi connectivity index (χ4n) is 5.77. The molecule has 0 aliphatic rings. The zero-order valence-corrected chi connectivity index (χ0v) is 21.7. The Bertz CT molecular complexity index is 1750. The first kappa shape index (κ1) is 22.1. The van der Waals surface area contributed by atoms with Gasteiger partial charge in [-0.15, -0.1) is 0 Å². The molecule has 0 N–H and O–H groups in total. The monoisotopic (exact) mass is 458 g/mol. The Kier molecular flexibility index (Phi) is 4.77. The smallest absolute Gasteiger partial charge is 0.0819 e. The molecular formula is C33H34N2. The van der Waals surface area contributed by atoms with Crippen molar-refractivity contribution < 1.29 is 0 Å². The van der Waals surface area contributed by atoms with E-state index in [1.165, 1.54) is 54.6 Å². The number of hydrogen-bond donors (Lipinski definition) is 0. The molecule has 2 nitrogen and oxygen atoms in total. The number of aromatic nitrogens is 2. The van der Waals surface area contributed by atoms with E-state index < -0.39 is 0 Å². The average Bonchev–Trinajstić information content (AvgIpc) is 3.17. The maximum Gasteiger partial charge on any atom is 0.0819 e. The van der Waals surface area contributed by atoms with Crippen molar-refractivity contribution in [3.05, 3.63) is 84.1 Å². The van der Waals surface area contributed by atoms with E-state index in [0.29, 0.717) is 0 Å². The maximum absolute atomic E-state index is 5.00. The van der Waals surface area contributed by atoms with E-state index in [0.717, 1.165) is 18.4 Å². The summed E-state index contributed by atoms with van der Waals surface area (Å²) >= 11 is 0. The Morgan fingerprint density at radius 1 is 0.629 bits per heavy atom. The fourth-order valence-corrected chi connectivity index (χ4v) is 5.77. The molecule has 0 aliphatic heterocycles. The second-order valence-electron chi connectivity index (χ2n) is 12.6. The Hall–Kier alpha value is -3.39. The lowest BCUT2D eigenvalue weighted by Gasteiger charge is -2.20. The van der Waals surface area contributed by atoms with Gasteiger partial charge in [0, 0.05) is 22.4 Å². The molecule has 3 aromatic heterocycles. The van der Waals surface area contributed by atoms with Crippen LogP contribution in [-0.4, -0.2) is 9.38 Å². The first-order chi connectivity index (χ1) is 16.6. The van der Waals surface area contributed by atoms with Gasteiger partial charge in [-0.05, 0) is 75.9 Å². The lowest BCUT2D eigenvalue weighted by molar-refractivity contribution is 0.412. The SMILES string of the molecule is CC(C)(C)Cc1cccc2c1cc1c3c(CC(C)(C)C)ccnc3c3cc4ccccc4cc3n21. The number of fused-ring (bicyclic) bond motifs is 9. The molecule has 0 spiro atoms. The van der Waals surface area contributed by atoms with Crippen LogP contribution < -0.4 is 0 Å². The second-order valence-corrected chi connectivity index (χ2v) is 12.6. The Balaban J connectivity index is 1.85. The molecule has 6 aromatic rings. The molecule has 0 fully saturated rings. The van der Waals surface area contributed by atoms with Gasteiger partial charge in [-0.1, -0.05) is 77.9 Å². The summed E-state index contributed by atoms with van der Waals surface area (Å²) < 4.78 is 2.50. The Labute approximate surface area is 207 Å². The highest BCUT2D eigenvalue weighted by Gasteiger charge is 2.21. The van der Waals surface area contributed by atoms with E-state index in [2.05, 4.69) is 113 Å². The Morgan fingerprint density at radius 3 is 2.03 bits per heavy atom. The lowest BCUT2D eigenvalue weighted by Crippen LogP contribution is -2.10. The van der Waals surface area contributed by atoms with Crippen LogP contribution in [0.3, 0.4) is 0 Å². The summed E-state index contributed by atoms with van der Waals surface area (Å²) in [6.07, 6.45) is 4.06. The molecule has 2 heteroatoms. The van der Waals surface area contributed by atoms with Crippen LogP contribution in [0.2, 0.25) is 0 Å². The second kappa shape index (κ2) is 7.55. The van der Waals surface area contributed by atoms with Crippen LogP contribution in [-0.2, 0) is 12.8 Å². The summed E-state index contributed by atoms with van der Waals surface area (Å²) in [5.41, 5.74) is 8.11. The first-order valence-corrected chi connectivity index (χ1v) is 12.7. The normalized spacial score (nSPS) is 13.1. The van der Waals surface area contributed by atoms with Crippen LogP contribution >= 0.6 is 0 Å². The van der Waals surface area contributed by atoms with E-state index in [-0.39, 0.29) is 10.8 Å². The minimum atomic E-state index is 0.188. The van der Waals surface area contributed by atoms with Gasteiger partial charge in [-0.2, -0.15) is 0 Å². The summed E-state index contributed by atoms with van der Waals surface area (Å²) in [6, 6.07) is 24.8. The largest absolute Gasteiger partial charge is 0.308 e. The van der Waals surface area contributed by atoms with Crippen LogP contribution in [0.5, 0.6) is 0 Å². The van der Waals surface area contributed by atoms with Crippen molar-refractivity contribution in [2.24, 2.45) is 10.8 Å². The van der Waals surface area contributed by atoms with Gasteiger partial charge in [0.25, 0.3) is 0 Å². The molecule has 0 amide bonds. The molecule has 6 rings (SSSR count). The van der Waals surface area contributed by atoms with Crippen molar-refractivity contribution in [1.29, 1.82) is 0 Å². The van der Waals surface area contributed by atoms with Gasteiger partial charge in [0.05, 0.1) is 22.1 Å². The zero-order chi connectivity index (χ0) is 24.5. The summed E-state index contributed by atoms with van der Waals surface area (Å²) in [4.78, 5) is 5.00. The van der Waals surface area contributed by atoms with E-state index in [1.54, 1.807) is 0 Å². The molecular weight excluding hydrogens is 424 g/mol. The molecule has 3 aromatic carbocycles. The first-order valence-electron chi connectivity index (χ1n) is 12.7. The molecule has 176 valence electrons. The summed E-state index contributed by atoms with van der Waals surface area (Å²) in [7, 11) is 0. The third-order valence-corrected chi connectivity index (χ3v) is 7.03. The average molecular weight is 459 g/mol. The quantitative estimate of drug-likeness (QED) is 0.187. The summed E-state index contributed by atoms with van der Waals surface area (Å²) in [5, 5.41) is 6.39. The third-order valence-electron chi connectivity index (χ3n) is 7.03. The maximum atomic E-state index is 5.00. The van der Waals surface area contributed by atoms with Crippen molar-refractivity contribution in [1.82, 2.24) is 9.38 Å². The predicted octanol–water partition coefficient (Wildman–Crippen LogP) is 9.12. The van der Waals surface area contributed by atoms with Gasteiger partial charge in [0.2, 0.25) is 0 Å². The van der Waals surface area contributed by atoms with Gasteiger partial charge in [0.1, 0.15) is 0 Å². The van der Waals surface area contributed by atoms with E-state index >= 15 is 0 Å². The van der Waals surface area contributed by atoms with Crippen molar-refractivity contribution in [3.63, 3.8) is 0 Å². The number of pyridine rings is 2. The number of nitrogens with zero attached hydrogens (tertiary/aromatic N) is 2. The highest BCUT2D eigenvalue weighted by Crippen LogP contribution is 2.39. The van der Waals surface area contributed by atoms with Crippen molar-refractivity contribution in [3.8, 4) is 0 Å². The molecule has 0 radical (unpaired) electrons. The van der Waals surface area contributed by atoms with Crippen molar-refractivity contribution in [2.75, 3.05) is 0 Å². The van der Waals surface area contributed by atoms with Gasteiger partial charge < -0.3 is 4.40 Å². The molecule has 0 atom stereocenters. The summed E-state index contributed by atoms with van der Waals surface area (Å²) in [5.74, 6) is 0. The standard InChI is InChI=1S/C33H34N2/c1-32(2,3)19-23-12-9-13-27-25(23)18-29-30-24(20-33(4,5)6)14-15-34-31(30)26-16-21-10-7-8-11-22(21)17-28(26)35(27)29/h7-18H,19-20H2,1-6H3. The van der Waals surface area contributed by atoms with Crippen LogP contribution in [0.15, 0.2) is 72.9 Å². The molecule has 0 unspecified atom stereocenters. The molecule has 3 heterocycles.